The molecule has 0 fully saturated rings. The van der Waals surface area contributed by atoms with E-state index in [0.29, 0.717) is 5.57 Å². The first kappa shape index (κ1) is 10.4. The highest BCUT2D eigenvalue weighted by atomic mass is 16.5. The Morgan fingerprint density at radius 3 is 2.36 bits per heavy atom. The quantitative estimate of drug-likeness (QED) is 0.574. The van der Waals surface area contributed by atoms with Gasteiger partial charge in [-0.1, -0.05) is 0 Å². The van der Waals surface area contributed by atoms with Crippen molar-refractivity contribution in [1.82, 2.24) is 4.90 Å². The van der Waals surface area contributed by atoms with E-state index >= 15 is 0 Å². The van der Waals surface area contributed by atoms with E-state index in [2.05, 4.69) is 4.74 Å². The zero-order valence-electron chi connectivity index (χ0n) is 8.29. The lowest BCUT2D eigenvalue weighted by Gasteiger charge is -2.11. The summed E-state index contributed by atoms with van der Waals surface area (Å²) in [5.74, 6) is -0.888. The summed E-state index contributed by atoms with van der Waals surface area (Å²) < 4.78 is 4.41. The van der Waals surface area contributed by atoms with Crippen LogP contribution in [0.15, 0.2) is 11.1 Å². The summed E-state index contributed by atoms with van der Waals surface area (Å²) in [6.45, 7) is 3.09. The van der Waals surface area contributed by atoms with E-state index in [4.69, 9.17) is 0 Å². The molecule has 0 spiro atoms. The molecule has 1 aliphatic heterocycles. The number of rotatable bonds is 1. The maximum absolute atomic E-state index is 11.5. The van der Waals surface area contributed by atoms with Crippen molar-refractivity contribution >= 4 is 17.8 Å². The summed E-state index contributed by atoms with van der Waals surface area (Å²) >= 11 is 0. The second kappa shape index (κ2) is 3.61. The van der Waals surface area contributed by atoms with Gasteiger partial charge in [0, 0.05) is 0 Å². The van der Waals surface area contributed by atoms with Gasteiger partial charge in [0.25, 0.3) is 5.91 Å². The maximum atomic E-state index is 11.5. The number of hydrogen-bond acceptors (Lipinski definition) is 4. The largest absolute Gasteiger partial charge is 0.452 e. The third kappa shape index (κ3) is 1.53. The van der Waals surface area contributed by atoms with E-state index in [1.54, 1.807) is 6.92 Å². The third-order valence-electron chi connectivity index (χ3n) is 2.03. The number of imide groups is 1. The highest BCUT2D eigenvalue weighted by molar-refractivity contribution is 6.23. The molecule has 76 valence electrons. The van der Waals surface area contributed by atoms with Gasteiger partial charge in [-0.05, 0) is 19.4 Å². The van der Waals surface area contributed by atoms with Crippen LogP contribution < -0.4 is 0 Å². The summed E-state index contributed by atoms with van der Waals surface area (Å²) in [7, 11) is 1.19. The molecule has 0 atom stereocenters. The third-order valence-corrected chi connectivity index (χ3v) is 2.03. The first-order valence-corrected chi connectivity index (χ1v) is 4.09. The van der Waals surface area contributed by atoms with Crippen molar-refractivity contribution < 1.29 is 19.1 Å². The molecule has 0 aromatic rings. The van der Waals surface area contributed by atoms with Crippen LogP contribution in [0.25, 0.3) is 0 Å². The van der Waals surface area contributed by atoms with E-state index in [1.807, 2.05) is 0 Å². The van der Waals surface area contributed by atoms with Gasteiger partial charge in [-0.25, -0.2) is 9.69 Å². The predicted molar refractivity (Wildman–Crippen MR) is 47.5 cm³/mol. The Kier molecular flexibility index (Phi) is 2.69. The van der Waals surface area contributed by atoms with Crippen molar-refractivity contribution in [2.75, 3.05) is 13.7 Å². The maximum Gasteiger partial charge on any atom is 0.416 e. The summed E-state index contributed by atoms with van der Waals surface area (Å²) in [4.78, 5) is 34.6. The fourth-order valence-electron chi connectivity index (χ4n) is 1.41. The molecular weight excluding hydrogens is 186 g/mol. The highest BCUT2D eigenvalue weighted by Gasteiger charge is 2.35. The molecule has 0 aromatic heterocycles. The average Bonchev–Trinajstić information content (AvgIpc) is 2.40. The molecule has 5 heteroatoms. The zero-order chi connectivity index (χ0) is 10.9. The molecule has 0 N–H and O–H groups in total. The van der Waals surface area contributed by atoms with E-state index in [9.17, 15) is 14.4 Å². The normalized spacial score (nSPS) is 16.2. The van der Waals surface area contributed by atoms with Crippen molar-refractivity contribution in [2.24, 2.45) is 0 Å². The van der Waals surface area contributed by atoms with Crippen molar-refractivity contribution in [2.45, 2.75) is 13.8 Å². The molecule has 5 nitrogen and oxygen atoms in total. The van der Waals surface area contributed by atoms with Crippen LogP contribution >= 0.6 is 0 Å². The Balaban J connectivity index is 2.94. The van der Waals surface area contributed by atoms with Gasteiger partial charge in [0.1, 0.15) is 0 Å². The number of carbonyl (C=O) groups excluding carboxylic acids is 3. The predicted octanol–water partition coefficient (Wildman–Crippen LogP) is 0.500. The summed E-state index contributed by atoms with van der Waals surface area (Å²) in [5.41, 5.74) is 0.698. The second-order valence-electron chi connectivity index (χ2n) is 3.07. The molecule has 0 aliphatic carbocycles. The zero-order valence-corrected chi connectivity index (χ0v) is 8.29. The molecule has 0 saturated carbocycles. The number of amides is 2. The van der Waals surface area contributed by atoms with Crippen LogP contribution in [-0.2, 0) is 14.3 Å². The molecule has 2 amide bonds. The molecular formula is C9H11NO4. The fourth-order valence-corrected chi connectivity index (χ4v) is 1.41. The van der Waals surface area contributed by atoms with Gasteiger partial charge in [0.15, 0.2) is 5.78 Å². The highest BCUT2D eigenvalue weighted by Crippen LogP contribution is 2.19. The summed E-state index contributed by atoms with van der Waals surface area (Å²) in [6.07, 6.45) is -0.731. The Labute approximate surface area is 81.3 Å². The Hall–Kier alpha value is -1.65. The molecule has 1 rings (SSSR count). The average molecular weight is 197 g/mol. The lowest BCUT2D eigenvalue weighted by molar-refractivity contribution is -0.126. The second-order valence-corrected chi connectivity index (χ2v) is 3.07. The number of nitrogens with zero attached hydrogens (tertiary/aromatic N) is 1. The molecule has 0 aromatic carbocycles. The number of ketones is 1. The molecule has 0 unspecified atom stereocenters. The summed E-state index contributed by atoms with van der Waals surface area (Å²) in [5, 5.41) is 0. The Morgan fingerprint density at radius 1 is 1.43 bits per heavy atom. The van der Waals surface area contributed by atoms with Crippen LogP contribution in [0.3, 0.4) is 0 Å². The molecule has 0 bridgehead atoms. The molecule has 14 heavy (non-hydrogen) atoms. The van der Waals surface area contributed by atoms with Gasteiger partial charge >= 0.3 is 6.09 Å². The number of ether oxygens (including phenoxy) is 1. The summed E-state index contributed by atoms with van der Waals surface area (Å²) in [6, 6.07) is 0. The van der Waals surface area contributed by atoms with Crippen LogP contribution in [0, 0.1) is 0 Å². The fraction of sp³-hybridized carbons (Fsp3) is 0.444. The monoisotopic (exact) mass is 197 g/mol. The lowest BCUT2D eigenvalue weighted by atomic mass is 10.1. The smallest absolute Gasteiger partial charge is 0.416 e. The number of methoxy groups -OCH3 is 1. The van der Waals surface area contributed by atoms with Gasteiger partial charge < -0.3 is 4.74 Å². The van der Waals surface area contributed by atoms with E-state index in [0.717, 1.165) is 4.90 Å². The number of Topliss-reactive ketones (excluding diaryl/α,β-unsaturated/α-hetero) is 1. The first-order chi connectivity index (χ1) is 6.49. The Morgan fingerprint density at radius 2 is 2.00 bits per heavy atom. The minimum atomic E-state index is -0.731. The SMILES string of the molecule is COC(=O)N1CC(C)=C(C(C)=O)C1=O. The van der Waals surface area contributed by atoms with Gasteiger partial charge in [0.2, 0.25) is 0 Å². The van der Waals surface area contributed by atoms with E-state index in [1.165, 1.54) is 14.0 Å². The topological polar surface area (TPSA) is 63.7 Å². The van der Waals surface area contributed by atoms with Gasteiger partial charge in [-0.2, -0.15) is 0 Å². The van der Waals surface area contributed by atoms with Crippen molar-refractivity contribution in [3.63, 3.8) is 0 Å². The van der Waals surface area contributed by atoms with Crippen LogP contribution in [0.2, 0.25) is 0 Å². The van der Waals surface area contributed by atoms with Gasteiger partial charge in [0.05, 0.1) is 19.2 Å². The number of hydrogen-bond donors (Lipinski definition) is 0. The molecule has 0 radical (unpaired) electrons. The van der Waals surface area contributed by atoms with E-state index < -0.39 is 12.0 Å². The van der Waals surface area contributed by atoms with Gasteiger partial charge in [-0.3, -0.25) is 9.59 Å². The van der Waals surface area contributed by atoms with Crippen LogP contribution in [-0.4, -0.2) is 36.3 Å². The minimum Gasteiger partial charge on any atom is -0.452 e. The van der Waals surface area contributed by atoms with Crippen LogP contribution in [0.1, 0.15) is 13.8 Å². The molecule has 1 heterocycles. The van der Waals surface area contributed by atoms with E-state index in [-0.39, 0.29) is 17.9 Å². The standard InChI is InChI=1S/C9H11NO4/c1-5-4-10(9(13)14-3)8(12)7(5)6(2)11/h4H2,1-3H3. The van der Waals surface area contributed by atoms with Crippen molar-refractivity contribution in [3.8, 4) is 0 Å². The minimum absolute atomic E-state index is 0.0930. The lowest BCUT2D eigenvalue weighted by Crippen LogP contribution is -2.34. The van der Waals surface area contributed by atoms with Crippen molar-refractivity contribution in [1.29, 1.82) is 0 Å². The number of carbonyl (C=O) groups is 3. The molecule has 1 aliphatic rings. The van der Waals surface area contributed by atoms with Crippen LogP contribution in [0.5, 0.6) is 0 Å². The van der Waals surface area contributed by atoms with Gasteiger partial charge in [-0.15, -0.1) is 0 Å². The van der Waals surface area contributed by atoms with Crippen LogP contribution in [0.4, 0.5) is 4.79 Å². The Bertz CT molecular complexity index is 343. The first-order valence-electron chi connectivity index (χ1n) is 4.09. The van der Waals surface area contributed by atoms with Crippen molar-refractivity contribution in [3.05, 3.63) is 11.1 Å². The molecule has 0 saturated heterocycles.